The number of nitrogens with one attached hydrogen (secondary N) is 2. The van der Waals surface area contributed by atoms with Crippen LogP contribution in [0.1, 0.15) is 40.1 Å². The maximum Gasteiger partial charge on any atom is 0.251 e. The van der Waals surface area contributed by atoms with Gasteiger partial charge in [-0.05, 0) is 61.2 Å². The van der Waals surface area contributed by atoms with Crippen LogP contribution < -0.4 is 16.4 Å². The van der Waals surface area contributed by atoms with Gasteiger partial charge in [-0.15, -0.1) is 0 Å². The Morgan fingerprint density at radius 2 is 1.88 bits per heavy atom. The molecule has 0 fully saturated rings. The molecule has 0 aliphatic heterocycles. The lowest BCUT2D eigenvalue weighted by molar-refractivity contribution is 0.0954. The van der Waals surface area contributed by atoms with E-state index in [1.807, 2.05) is 31.2 Å². The highest BCUT2D eigenvalue weighted by molar-refractivity contribution is 5.94. The molecule has 7 nitrogen and oxygen atoms in total. The number of nitrogens with two attached hydrogens (primary N) is 1. The number of aromatic nitrogens is 1. The van der Waals surface area contributed by atoms with Gasteiger partial charge in [0.2, 0.25) is 0 Å². The highest BCUT2D eigenvalue weighted by Crippen LogP contribution is 2.14. The topological polar surface area (TPSA) is 120 Å². The Kier molecular flexibility index (Phi) is 8.19. The lowest BCUT2D eigenvalue weighted by atomic mass is 10.0. The van der Waals surface area contributed by atoms with Crippen LogP contribution in [0, 0.1) is 0 Å². The molecule has 1 amide bonds. The summed E-state index contributed by atoms with van der Waals surface area (Å²) in [6.45, 7) is 2.92. The first-order chi connectivity index (χ1) is 15.4. The van der Waals surface area contributed by atoms with E-state index in [2.05, 4.69) is 15.6 Å². The summed E-state index contributed by atoms with van der Waals surface area (Å²) in [7, 11) is 0. The monoisotopic (exact) mass is 434 g/mol. The van der Waals surface area contributed by atoms with Crippen molar-refractivity contribution in [1.82, 2.24) is 15.6 Å². The number of phenolic OH excluding ortho intramolecular Hbond substituents is 1. The van der Waals surface area contributed by atoms with E-state index in [1.165, 1.54) is 0 Å². The average molecular weight is 435 g/mol. The van der Waals surface area contributed by atoms with E-state index in [9.17, 15) is 15.0 Å². The van der Waals surface area contributed by atoms with Crippen LogP contribution in [0.15, 0.2) is 66.9 Å². The van der Waals surface area contributed by atoms with Crippen LogP contribution in [0.4, 0.5) is 5.82 Å². The van der Waals surface area contributed by atoms with Gasteiger partial charge in [-0.25, -0.2) is 4.98 Å². The van der Waals surface area contributed by atoms with Crippen LogP contribution in [0.2, 0.25) is 0 Å². The minimum atomic E-state index is -0.672. The molecule has 0 saturated carbocycles. The van der Waals surface area contributed by atoms with Crippen molar-refractivity contribution in [2.75, 3.05) is 18.8 Å². The molecule has 0 bridgehead atoms. The van der Waals surface area contributed by atoms with Crippen LogP contribution in [-0.4, -0.2) is 40.2 Å². The third-order valence-corrected chi connectivity index (χ3v) is 5.19. The van der Waals surface area contributed by atoms with Crippen molar-refractivity contribution in [3.05, 3.63) is 89.1 Å². The summed E-state index contributed by atoms with van der Waals surface area (Å²) in [5.41, 5.74) is 8.91. The Bertz CT molecular complexity index is 1020. The third kappa shape index (κ3) is 7.08. The smallest absolute Gasteiger partial charge is 0.251 e. The predicted molar refractivity (Wildman–Crippen MR) is 125 cm³/mol. The van der Waals surface area contributed by atoms with Gasteiger partial charge < -0.3 is 26.6 Å². The lowest BCUT2D eigenvalue weighted by Gasteiger charge is -2.18. The van der Waals surface area contributed by atoms with E-state index in [0.717, 1.165) is 17.5 Å². The number of amides is 1. The first kappa shape index (κ1) is 23.2. The quantitative estimate of drug-likeness (QED) is 0.335. The minimum Gasteiger partial charge on any atom is -0.508 e. The Balaban J connectivity index is 1.46. The number of nitrogen functional groups attached to an aromatic ring is 1. The molecule has 2 atom stereocenters. The zero-order valence-electron chi connectivity index (χ0n) is 18.2. The van der Waals surface area contributed by atoms with Crippen LogP contribution in [0.3, 0.4) is 0 Å². The predicted octanol–water partition coefficient (Wildman–Crippen LogP) is 2.60. The molecule has 7 heteroatoms. The van der Waals surface area contributed by atoms with E-state index < -0.39 is 6.10 Å². The zero-order chi connectivity index (χ0) is 22.9. The van der Waals surface area contributed by atoms with E-state index >= 15 is 0 Å². The second-order valence-electron chi connectivity index (χ2n) is 7.92. The summed E-state index contributed by atoms with van der Waals surface area (Å²) in [5, 5.41) is 26.1. The molecule has 0 aliphatic rings. The third-order valence-electron chi connectivity index (χ3n) is 5.19. The first-order valence-corrected chi connectivity index (χ1v) is 10.7. The van der Waals surface area contributed by atoms with E-state index in [0.29, 0.717) is 36.5 Å². The number of rotatable bonds is 10. The van der Waals surface area contributed by atoms with Crippen LogP contribution in [0.5, 0.6) is 5.75 Å². The average Bonchev–Trinajstić information content (AvgIpc) is 2.78. The molecule has 1 heterocycles. The van der Waals surface area contributed by atoms with Gasteiger partial charge >= 0.3 is 0 Å². The number of nitrogens with zero attached hydrogens (tertiary/aromatic N) is 1. The molecular formula is C25H30N4O3. The van der Waals surface area contributed by atoms with Gasteiger partial charge in [-0.2, -0.15) is 0 Å². The maximum absolute atomic E-state index is 12.5. The zero-order valence-corrected chi connectivity index (χ0v) is 18.2. The van der Waals surface area contributed by atoms with Crippen LogP contribution in [-0.2, 0) is 12.8 Å². The maximum atomic E-state index is 12.5. The van der Waals surface area contributed by atoms with Crippen molar-refractivity contribution in [1.29, 1.82) is 0 Å². The molecule has 3 aromatic rings. The number of phenols is 1. The lowest BCUT2D eigenvalue weighted by Crippen LogP contribution is -2.32. The summed E-state index contributed by atoms with van der Waals surface area (Å²) in [5.74, 6) is 0.520. The molecule has 168 valence electrons. The second kappa shape index (κ2) is 11.3. The van der Waals surface area contributed by atoms with Gasteiger partial charge in [-0.3, -0.25) is 4.79 Å². The van der Waals surface area contributed by atoms with E-state index in [4.69, 9.17) is 5.73 Å². The summed E-state index contributed by atoms with van der Waals surface area (Å²) in [4.78, 5) is 16.5. The fourth-order valence-corrected chi connectivity index (χ4v) is 3.44. The van der Waals surface area contributed by atoms with E-state index in [1.54, 1.807) is 42.6 Å². The van der Waals surface area contributed by atoms with Crippen molar-refractivity contribution < 1.29 is 15.0 Å². The number of aliphatic hydroxyl groups excluding tert-OH is 1. The molecule has 0 aliphatic carbocycles. The van der Waals surface area contributed by atoms with Crippen molar-refractivity contribution in [2.45, 2.75) is 31.9 Å². The van der Waals surface area contributed by atoms with Gasteiger partial charge in [0.05, 0.1) is 6.10 Å². The normalized spacial score (nSPS) is 12.8. The summed E-state index contributed by atoms with van der Waals surface area (Å²) in [6, 6.07) is 18.1. The van der Waals surface area contributed by atoms with Crippen molar-refractivity contribution >= 4 is 11.7 Å². The minimum absolute atomic E-state index is 0.107. The number of anilines is 1. The highest BCUT2D eigenvalue weighted by Gasteiger charge is 2.12. The van der Waals surface area contributed by atoms with Gasteiger partial charge in [0.25, 0.3) is 5.91 Å². The fourth-order valence-electron chi connectivity index (χ4n) is 3.44. The number of carbonyl (C=O) groups excluding carboxylic acids is 1. The number of pyridine rings is 1. The Labute approximate surface area is 188 Å². The van der Waals surface area contributed by atoms with Crippen LogP contribution in [0.25, 0.3) is 0 Å². The standard InChI is InChI=1S/C25H30N4O3/c1-17(28-16-23(31)21-8-9-24(26)29-15-21)12-19-5-2-6-20(13-19)25(32)27-11-10-18-4-3-7-22(30)14-18/h2-9,13-15,17,23,28,30-31H,10-12,16H2,1H3,(H2,26,29)(H,27,32)/t17-,23+/m1/s1. The molecule has 2 aromatic carbocycles. The SMILES string of the molecule is C[C@H](Cc1cccc(C(=O)NCCc2cccc(O)c2)c1)NC[C@H](O)c1ccc(N)nc1. The van der Waals surface area contributed by atoms with Crippen molar-refractivity contribution in [2.24, 2.45) is 0 Å². The second-order valence-corrected chi connectivity index (χ2v) is 7.92. The molecule has 3 rings (SSSR count). The largest absolute Gasteiger partial charge is 0.508 e. The molecule has 0 saturated heterocycles. The number of aliphatic hydroxyl groups is 1. The molecule has 1 aromatic heterocycles. The summed E-state index contributed by atoms with van der Waals surface area (Å²) >= 11 is 0. The number of aromatic hydroxyl groups is 1. The molecule has 0 radical (unpaired) electrons. The molecule has 6 N–H and O–H groups in total. The van der Waals surface area contributed by atoms with Gasteiger partial charge in [-0.1, -0.05) is 30.3 Å². The molecule has 0 spiro atoms. The fraction of sp³-hybridized carbons (Fsp3) is 0.280. The van der Waals surface area contributed by atoms with Gasteiger partial charge in [0, 0.05) is 36.5 Å². The van der Waals surface area contributed by atoms with E-state index in [-0.39, 0.29) is 17.7 Å². The molecule has 0 unspecified atom stereocenters. The molecule has 32 heavy (non-hydrogen) atoms. The van der Waals surface area contributed by atoms with Gasteiger partial charge in [0.1, 0.15) is 11.6 Å². The molecular weight excluding hydrogens is 404 g/mol. The Morgan fingerprint density at radius 1 is 1.09 bits per heavy atom. The highest BCUT2D eigenvalue weighted by atomic mass is 16.3. The summed E-state index contributed by atoms with van der Waals surface area (Å²) < 4.78 is 0. The number of hydrogen-bond donors (Lipinski definition) is 5. The van der Waals surface area contributed by atoms with Crippen molar-refractivity contribution in [3.8, 4) is 5.75 Å². The Hall–Kier alpha value is -3.42. The van der Waals surface area contributed by atoms with Gasteiger partial charge in [0.15, 0.2) is 0 Å². The summed E-state index contributed by atoms with van der Waals surface area (Å²) in [6.07, 6.45) is 2.27. The number of carbonyl (C=O) groups is 1. The number of hydrogen-bond acceptors (Lipinski definition) is 6. The van der Waals surface area contributed by atoms with Crippen molar-refractivity contribution in [3.63, 3.8) is 0 Å². The van der Waals surface area contributed by atoms with Crippen LogP contribution >= 0.6 is 0 Å². The number of benzene rings is 2. The Morgan fingerprint density at radius 3 is 2.62 bits per heavy atom. The first-order valence-electron chi connectivity index (χ1n) is 10.7.